The predicted molar refractivity (Wildman–Crippen MR) is 105 cm³/mol. The SMILES string of the molecule is COc1cc2c(cc(C(=O)NC3(c4ccc[c]c4F)COC3)n2C)c(Cl)c1Cl. The molecule has 5 nitrogen and oxygen atoms in total. The molecule has 4 rings (SSSR count). The number of fused-ring (bicyclic) bond motifs is 1. The van der Waals surface area contributed by atoms with Crippen LogP contribution in [0.25, 0.3) is 10.9 Å². The van der Waals surface area contributed by atoms with Gasteiger partial charge in [-0.2, -0.15) is 0 Å². The number of halogens is 3. The van der Waals surface area contributed by atoms with Gasteiger partial charge in [0.1, 0.15) is 27.8 Å². The second-order valence-electron chi connectivity index (χ2n) is 6.65. The number of nitrogens with one attached hydrogen (secondary N) is 1. The summed E-state index contributed by atoms with van der Waals surface area (Å²) in [6.45, 7) is 0.357. The summed E-state index contributed by atoms with van der Waals surface area (Å²) >= 11 is 12.6. The number of benzene rings is 2. The van der Waals surface area contributed by atoms with Gasteiger partial charge in [0.2, 0.25) is 0 Å². The maximum atomic E-state index is 14.3. The number of methoxy groups -OCH3 is 1. The molecule has 0 saturated carbocycles. The molecule has 8 heteroatoms. The molecule has 0 atom stereocenters. The smallest absolute Gasteiger partial charge is 0.268 e. The normalized spacial score (nSPS) is 15.3. The van der Waals surface area contributed by atoms with E-state index in [1.165, 1.54) is 13.2 Å². The van der Waals surface area contributed by atoms with Gasteiger partial charge in [-0.1, -0.05) is 41.4 Å². The average molecular weight is 422 g/mol. The Labute approximate surface area is 170 Å². The molecule has 2 heterocycles. The molecule has 1 aliphatic heterocycles. The number of carbonyl (C=O) groups excluding carboxylic acids is 1. The zero-order valence-electron chi connectivity index (χ0n) is 15.1. The number of rotatable bonds is 4. The van der Waals surface area contributed by atoms with Crippen molar-refractivity contribution in [1.82, 2.24) is 9.88 Å². The van der Waals surface area contributed by atoms with Crippen LogP contribution >= 0.6 is 23.2 Å². The van der Waals surface area contributed by atoms with Crippen molar-refractivity contribution in [1.29, 1.82) is 0 Å². The number of hydrogen-bond donors (Lipinski definition) is 1. The molecular weight excluding hydrogens is 406 g/mol. The third-order valence-corrected chi connectivity index (χ3v) is 5.88. The first-order chi connectivity index (χ1) is 13.4. The van der Waals surface area contributed by atoms with Crippen LogP contribution in [-0.2, 0) is 17.3 Å². The molecule has 1 fully saturated rings. The summed E-state index contributed by atoms with van der Waals surface area (Å²) in [4.78, 5) is 13.1. The van der Waals surface area contributed by atoms with Crippen LogP contribution in [0.2, 0.25) is 10.0 Å². The van der Waals surface area contributed by atoms with Crippen LogP contribution in [-0.4, -0.2) is 30.8 Å². The zero-order valence-corrected chi connectivity index (χ0v) is 16.6. The summed E-state index contributed by atoms with van der Waals surface area (Å²) in [5.74, 6) is -0.475. The lowest BCUT2D eigenvalue weighted by atomic mass is 9.87. The second-order valence-corrected chi connectivity index (χ2v) is 7.41. The van der Waals surface area contributed by atoms with Crippen LogP contribution in [0.5, 0.6) is 5.75 Å². The molecule has 1 aliphatic rings. The van der Waals surface area contributed by atoms with Crippen LogP contribution in [0.1, 0.15) is 16.1 Å². The maximum absolute atomic E-state index is 14.3. The van der Waals surface area contributed by atoms with Gasteiger partial charge in [0, 0.05) is 30.1 Å². The topological polar surface area (TPSA) is 52.5 Å². The van der Waals surface area contributed by atoms with E-state index in [2.05, 4.69) is 11.4 Å². The van der Waals surface area contributed by atoms with E-state index in [-0.39, 0.29) is 24.1 Å². The van der Waals surface area contributed by atoms with Gasteiger partial charge in [0.15, 0.2) is 0 Å². The molecular formula is C20H16Cl2FN2O3. The van der Waals surface area contributed by atoms with Gasteiger partial charge in [-0.25, -0.2) is 4.39 Å². The second kappa shape index (κ2) is 6.95. The minimum absolute atomic E-state index is 0.178. The fourth-order valence-corrected chi connectivity index (χ4v) is 3.90. The molecule has 1 aromatic heterocycles. The van der Waals surface area contributed by atoms with Gasteiger partial charge >= 0.3 is 0 Å². The van der Waals surface area contributed by atoms with Crippen molar-refractivity contribution in [3.05, 3.63) is 63.5 Å². The molecule has 0 aliphatic carbocycles. The Balaban J connectivity index is 1.74. The summed E-state index contributed by atoms with van der Waals surface area (Å²) in [5.41, 5.74) is 0.451. The van der Waals surface area contributed by atoms with Crippen LogP contribution in [0.15, 0.2) is 30.3 Å². The quantitative estimate of drug-likeness (QED) is 0.689. The number of aromatic nitrogens is 1. The van der Waals surface area contributed by atoms with E-state index in [1.54, 1.807) is 35.9 Å². The first-order valence-corrected chi connectivity index (χ1v) is 9.22. The van der Waals surface area contributed by atoms with Gasteiger partial charge in [0.25, 0.3) is 5.91 Å². The van der Waals surface area contributed by atoms with Gasteiger partial charge < -0.3 is 19.4 Å². The Morgan fingerprint density at radius 2 is 2.11 bits per heavy atom. The van der Waals surface area contributed by atoms with Crippen LogP contribution < -0.4 is 10.1 Å². The highest BCUT2D eigenvalue weighted by Crippen LogP contribution is 2.40. The predicted octanol–water partition coefficient (Wildman–Crippen LogP) is 4.09. The molecule has 0 unspecified atom stereocenters. The Hall–Kier alpha value is -2.28. The summed E-state index contributed by atoms with van der Waals surface area (Å²) in [7, 11) is 3.23. The largest absolute Gasteiger partial charge is 0.495 e. The molecule has 0 bridgehead atoms. The third kappa shape index (κ3) is 2.83. The Kier molecular flexibility index (Phi) is 4.73. The average Bonchev–Trinajstić information content (AvgIpc) is 2.98. The lowest BCUT2D eigenvalue weighted by molar-refractivity contribution is -0.0750. The van der Waals surface area contributed by atoms with Crippen molar-refractivity contribution >= 4 is 40.0 Å². The molecule has 1 saturated heterocycles. The highest BCUT2D eigenvalue weighted by molar-refractivity contribution is 6.46. The van der Waals surface area contributed by atoms with Crippen molar-refractivity contribution in [3.63, 3.8) is 0 Å². The van der Waals surface area contributed by atoms with E-state index < -0.39 is 11.4 Å². The molecule has 1 radical (unpaired) electrons. The van der Waals surface area contributed by atoms with E-state index in [1.807, 2.05) is 0 Å². The summed E-state index contributed by atoms with van der Waals surface area (Å²) in [5, 5.41) is 4.12. The molecule has 28 heavy (non-hydrogen) atoms. The minimum atomic E-state index is -0.936. The fourth-order valence-electron chi connectivity index (χ4n) is 3.42. The number of amides is 1. The van der Waals surface area contributed by atoms with E-state index >= 15 is 0 Å². The Morgan fingerprint density at radius 1 is 1.36 bits per heavy atom. The lowest BCUT2D eigenvalue weighted by Crippen LogP contribution is -2.60. The minimum Gasteiger partial charge on any atom is -0.495 e. The van der Waals surface area contributed by atoms with E-state index in [4.69, 9.17) is 32.7 Å². The first-order valence-electron chi connectivity index (χ1n) is 8.46. The molecule has 2 aromatic carbocycles. The van der Waals surface area contributed by atoms with Crippen molar-refractivity contribution in [2.75, 3.05) is 20.3 Å². The van der Waals surface area contributed by atoms with E-state index in [0.29, 0.717) is 32.9 Å². The number of nitrogens with zero attached hydrogens (tertiary/aromatic N) is 1. The van der Waals surface area contributed by atoms with Crippen molar-refractivity contribution in [2.45, 2.75) is 5.54 Å². The summed E-state index contributed by atoms with van der Waals surface area (Å²) in [6.07, 6.45) is 0. The molecule has 3 aromatic rings. The molecule has 1 amide bonds. The van der Waals surface area contributed by atoms with Crippen molar-refractivity contribution in [3.8, 4) is 5.75 Å². The number of hydrogen-bond acceptors (Lipinski definition) is 3. The van der Waals surface area contributed by atoms with Crippen molar-refractivity contribution in [2.24, 2.45) is 7.05 Å². The monoisotopic (exact) mass is 421 g/mol. The highest BCUT2D eigenvalue weighted by atomic mass is 35.5. The standard InChI is InChI=1S/C20H16Cl2FN2O3/c1-25-14-8-16(27-2)18(22)17(21)11(14)7-15(25)19(26)24-20(9-28-10-20)12-5-3-4-6-13(12)23/h3-5,7-8H,9-10H2,1-2H3,(H,24,26). The number of ether oxygens (including phenoxy) is 2. The summed E-state index contributed by atoms with van der Waals surface area (Å²) < 4.78 is 26.5. The van der Waals surface area contributed by atoms with Gasteiger partial charge in [-0.15, -0.1) is 0 Å². The van der Waals surface area contributed by atoms with Gasteiger partial charge in [0.05, 0.1) is 30.9 Å². The zero-order chi connectivity index (χ0) is 20.1. The van der Waals surface area contributed by atoms with E-state index in [9.17, 15) is 9.18 Å². The number of aryl methyl sites for hydroxylation is 1. The third-order valence-electron chi connectivity index (χ3n) is 5.02. The molecule has 145 valence electrons. The first kappa shape index (κ1) is 19.1. The van der Waals surface area contributed by atoms with Gasteiger partial charge in [-0.3, -0.25) is 4.79 Å². The van der Waals surface area contributed by atoms with E-state index in [0.717, 1.165) is 0 Å². The Bertz CT molecular complexity index is 1090. The van der Waals surface area contributed by atoms with Crippen LogP contribution in [0.3, 0.4) is 0 Å². The highest BCUT2D eigenvalue weighted by Gasteiger charge is 2.44. The molecule has 1 N–H and O–H groups in total. The lowest BCUT2D eigenvalue weighted by Gasteiger charge is -2.42. The Morgan fingerprint density at radius 3 is 2.71 bits per heavy atom. The van der Waals surface area contributed by atoms with Crippen LogP contribution in [0.4, 0.5) is 4.39 Å². The van der Waals surface area contributed by atoms with Crippen LogP contribution in [0, 0.1) is 11.9 Å². The maximum Gasteiger partial charge on any atom is 0.268 e. The van der Waals surface area contributed by atoms with Crippen molar-refractivity contribution < 1.29 is 18.7 Å². The number of carbonyl (C=O) groups is 1. The summed E-state index contributed by atoms with van der Waals surface area (Å²) in [6, 6.07) is 10.7. The molecule has 0 spiro atoms. The van der Waals surface area contributed by atoms with Gasteiger partial charge in [-0.05, 0) is 6.07 Å². The fraction of sp³-hybridized carbons (Fsp3) is 0.250.